The molecule has 0 saturated heterocycles. The Bertz CT molecular complexity index is 347. The maximum absolute atomic E-state index is 10.9. The van der Waals surface area contributed by atoms with Gasteiger partial charge in [0.1, 0.15) is 5.60 Å². The third-order valence-corrected chi connectivity index (χ3v) is 1.82. The zero-order chi connectivity index (χ0) is 14.7. The van der Waals surface area contributed by atoms with Crippen molar-refractivity contribution in [2.45, 2.75) is 39.7 Å². The topological polar surface area (TPSA) is 71.5 Å². The number of nitrogens with zero attached hydrogens (tertiary/aromatic N) is 1. The molecule has 19 heavy (non-hydrogen) atoms. The van der Waals surface area contributed by atoms with Crippen LogP contribution in [0.5, 0.6) is 0 Å². The van der Waals surface area contributed by atoms with Crippen molar-refractivity contribution in [2.24, 2.45) is 0 Å². The molecule has 1 aromatic heterocycles. The van der Waals surface area contributed by atoms with Crippen molar-refractivity contribution in [2.75, 3.05) is 13.2 Å². The Balaban J connectivity index is 0.000000388. The molecule has 2 N–H and O–H groups in total. The third kappa shape index (κ3) is 12.6. The van der Waals surface area contributed by atoms with E-state index < -0.39 is 11.7 Å². The predicted molar refractivity (Wildman–Crippen MR) is 74.9 cm³/mol. The van der Waals surface area contributed by atoms with E-state index in [0.29, 0.717) is 13.0 Å². The number of aliphatic hydroxyl groups is 1. The number of amides is 1. The first-order valence-electron chi connectivity index (χ1n) is 6.30. The van der Waals surface area contributed by atoms with Gasteiger partial charge in [-0.2, -0.15) is 0 Å². The average Bonchev–Trinajstić information content (AvgIpc) is 2.29. The van der Waals surface area contributed by atoms with Gasteiger partial charge < -0.3 is 15.2 Å². The van der Waals surface area contributed by atoms with Crippen LogP contribution in [0.1, 0.15) is 32.9 Å². The normalized spacial score (nSPS) is 10.2. The molecule has 5 heteroatoms. The Morgan fingerprint density at radius 1 is 1.42 bits per heavy atom. The standard InChI is InChI=1S/C8H17NO3.C6H7N/c1-8(2,3)12-7(11)9-5-4-6-10;1-6-4-2-3-5-7-6/h10H,4-6H2,1-3H3,(H,9,11);2-5H,1H3. The van der Waals surface area contributed by atoms with Crippen LogP contribution >= 0.6 is 0 Å². The number of hydrogen-bond donors (Lipinski definition) is 2. The average molecular weight is 268 g/mol. The lowest BCUT2D eigenvalue weighted by molar-refractivity contribution is 0.0525. The number of nitrogens with one attached hydrogen (secondary N) is 1. The SMILES string of the molecule is CC(C)(C)OC(=O)NCCCO.Cc1ccccn1. The summed E-state index contributed by atoms with van der Waals surface area (Å²) in [6, 6.07) is 5.86. The molecule has 0 atom stereocenters. The Morgan fingerprint density at radius 3 is 2.47 bits per heavy atom. The van der Waals surface area contributed by atoms with Crippen LogP contribution in [0.3, 0.4) is 0 Å². The molecular formula is C14H24N2O3. The van der Waals surface area contributed by atoms with E-state index in [1.54, 1.807) is 27.0 Å². The molecule has 0 aromatic carbocycles. The van der Waals surface area contributed by atoms with Crippen molar-refractivity contribution in [3.8, 4) is 0 Å². The quantitative estimate of drug-likeness (QED) is 0.825. The van der Waals surface area contributed by atoms with Gasteiger partial charge in [0.2, 0.25) is 0 Å². The number of aromatic nitrogens is 1. The summed E-state index contributed by atoms with van der Waals surface area (Å²) in [6.45, 7) is 7.91. The maximum atomic E-state index is 10.9. The summed E-state index contributed by atoms with van der Waals surface area (Å²) in [5.41, 5.74) is 0.617. The van der Waals surface area contributed by atoms with Gasteiger partial charge in [-0.25, -0.2) is 4.79 Å². The van der Waals surface area contributed by atoms with E-state index in [0.717, 1.165) is 5.69 Å². The lowest BCUT2D eigenvalue weighted by Gasteiger charge is -2.19. The zero-order valence-electron chi connectivity index (χ0n) is 12.1. The fraction of sp³-hybridized carbons (Fsp3) is 0.571. The van der Waals surface area contributed by atoms with Crippen molar-refractivity contribution in [1.82, 2.24) is 10.3 Å². The van der Waals surface area contributed by atoms with Crippen molar-refractivity contribution < 1.29 is 14.6 Å². The number of carbonyl (C=O) groups is 1. The van der Waals surface area contributed by atoms with Gasteiger partial charge in [0, 0.05) is 25.0 Å². The lowest BCUT2D eigenvalue weighted by Crippen LogP contribution is -2.33. The molecule has 0 fully saturated rings. The molecule has 5 nitrogen and oxygen atoms in total. The van der Waals surface area contributed by atoms with Crippen LogP contribution in [0, 0.1) is 6.92 Å². The fourth-order valence-electron chi connectivity index (χ4n) is 1.03. The molecule has 0 aliphatic carbocycles. The van der Waals surface area contributed by atoms with Crippen LogP contribution in [0.2, 0.25) is 0 Å². The molecule has 0 saturated carbocycles. The van der Waals surface area contributed by atoms with E-state index in [-0.39, 0.29) is 6.61 Å². The van der Waals surface area contributed by atoms with Crippen LogP contribution in [0.25, 0.3) is 0 Å². The van der Waals surface area contributed by atoms with Crippen molar-refractivity contribution in [1.29, 1.82) is 0 Å². The molecule has 1 heterocycles. The Morgan fingerprint density at radius 2 is 2.11 bits per heavy atom. The van der Waals surface area contributed by atoms with Gasteiger partial charge in [0.05, 0.1) is 0 Å². The molecule has 1 amide bonds. The molecule has 0 spiro atoms. The Labute approximate surface area is 115 Å². The van der Waals surface area contributed by atoms with Crippen molar-refractivity contribution >= 4 is 6.09 Å². The van der Waals surface area contributed by atoms with Crippen LogP contribution in [-0.2, 0) is 4.74 Å². The van der Waals surface area contributed by atoms with Gasteiger partial charge in [-0.05, 0) is 46.2 Å². The van der Waals surface area contributed by atoms with Gasteiger partial charge in [0.25, 0.3) is 0 Å². The second kappa shape index (κ2) is 9.33. The summed E-state index contributed by atoms with van der Waals surface area (Å²) >= 11 is 0. The molecule has 0 aliphatic heterocycles. The molecule has 1 aromatic rings. The van der Waals surface area contributed by atoms with E-state index in [1.165, 1.54) is 0 Å². The summed E-state index contributed by atoms with van der Waals surface area (Å²) in [7, 11) is 0. The summed E-state index contributed by atoms with van der Waals surface area (Å²) in [5, 5.41) is 10.9. The largest absolute Gasteiger partial charge is 0.444 e. The number of carbonyl (C=O) groups excluding carboxylic acids is 1. The predicted octanol–water partition coefficient (Wildman–Crippen LogP) is 2.28. The summed E-state index contributed by atoms with van der Waals surface area (Å²) in [4.78, 5) is 14.9. The fourth-order valence-corrected chi connectivity index (χ4v) is 1.03. The van der Waals surface area contributed by atoms with E-state index in [4.69, 9.17) is 9.84 Å². The number of hydrogen-bond acceptors (Lipinski definition) is 4. The van der Waals surface area contributed by atoms with Crippen LogP contribution in [0.4, 0.5) is 4.79 Å². The Kier molecular flexibility index (Phi) is 8.53. The maximum Gasteiger partial charge on any atom is 0.407 e. The van der Waals surface area contributed by atoms with E-state index in [9.17, 15) is 4.79 Å². The minimum atomic E-state index is -0.455. The van der Waals surface area contributed by atoms with E-state index in [1.807, 2.05) is 25.1 Å². The van der Waals surface area contributed by atoms with E-state index >= 15 is 0 Å². The molecule has 0 unspecified atom stereocenters. The van der Waals surface area contributed by atoms with Crippen LogP contribution < -0.4 is 5.32 Å². The van der Waals surface area contributed by atoms with Crippen LogP contribution in [0.15, 0.2) is 24.4 Å². The number of ether oxygens (including phenoxy) is 1. The highest BCUT2D eigenvalue weighted by Crippen LogP contribution is 2.06. The number of aliphatic hydroxyl groups excluding tert-OH is 1. The van der Waals surface area contributed by atoms with Crippen molar-refractivity contribution in [3.05, 3.63) is 30.1 Å². The molecule has 0 bridgehead atoms. The first-order chi connectivity index (χ1) is 8.85. The molecule has 0 radical (unpaired) electrons. The molecule has 108 valence electrons. The monoisotopic (exact) mass is 268 g/mol. The van der Waals surface area contributed by atoms with Crippen molar-refractivity contribution in [3.63, 3.8) is 0 Å². The van der Waals surface area contributed by atoms with Gasteiger partial charge >= 0.3 is 6.09 Å². The highest BCUT2D eigenvalue weighted by Gasteiger charge is 2.15. The van der Waals surface area contributed by atoms with Gasteiger partial charge in [-0.3, -0.25) is 4.98 Å². The highest BCUT2D eigenvalue weighted by atomic mass is 16.6. The minimum Gasteiger partial charge on any atom is -0.444 e. The summed E-state index contributed by atoms with van der Waals surface area (Å²) in [6.07, 6.45) is 1.91. The molecule has 1 rings (SSSR count). The summed E-state index contributed by atoms with van der Waals surface area (Å²) in [5.74, 6) is 0. The number of rotatable bonds is 3. The lowest BCUT2D eigenvalue weighted by atomic mass is 10.2. The van der Waals surface area contributed by atoms with Crippen LogP contribution in [-0.4, -0.2) is 34.9 Å². The molecular weight excluding hydrogens is 244 g/mol. The highest BCUT2D eigenvalue weighted by molar-refractivity contribution is 5.67. The Hall–Kier alpha value is -1.62. The second-order valence-electron chi connectivity index (χ2n) is 4.98. The summed E-state index contributed by atoms with van der Waals surface area (Å²) < 4.78 is 4.95. The van der Waals surface area contributed by atoms with Gasteiger partial charge in [0.15, 0.2) is 0 Å². The minimum absolute atomic E-state index is 0.0792. The smallest absolute Gasteiger partial charge is 0.407 e. The zero-order valence-corrected chi connectivity index (χ0v) is 12.1. The van der Waals surface area contributed by atoms with Gasteiger partial charge in [-0.15, -0.1) is 0 Å². The number of pyridine rings is 1. The van der Waals surface area contributed by atoms with Gasteiger partial charge in [-0.1, -0.05) is 6.07 Å². The van der Waals surface area contributed by atoms with E-state index in [2.05, 4.69) is 10.3 Å². The first-order valence-corrected chi connectivity index (χ1v) is 6.30. The second-order valence-corrected chi connectivity index (χ2v) is 4.98. The third-order valence-electron chi connectivity index (χ3n) is 1.82. The number of aryl methyl sites for hydroxylation is 1. The molecule has 0 aliphatic rings. The number of alkyl carbamates (subject to hydrolysis) is 1. The first kappa shape index (κ1) is 17.4.